The Balaban J connectivity index is 1.71. The average molecular weight is 444 g/mol. The second-order valence-corrected chi connectivity index (χ2v) is 10.0. The second-order valence-electron chi connectivity index (χ2n) is 8.15. The van der Waals surface area contributed by atoms with Crippen LogP contribution >= 0.6 is 0 Å². The van der Waals surface area contributed by atoms with E-state index in [1.807, 2.05) is 26.0 Å². The summed E-state index contributed by atoms with van der Waals surface area (Å²) in [5, 5.41) is 2.91. The number of amides is 1. The molecular weight excluding hydrogens is 410 g/mol. The number of hydrogen-bond donors (Lipinski definition) is 1. The zero-order valence-electron chi connectivity index (χ0n) is 18.5. The minimum atomic E-state index is -3.87. The normalized spacial score (nSPS) is 14.9. The van der Waals surface area contributed by atoms with Gasteiger partial charge in [-0.2, -0.15) is 0 Å². The minimum Gasteiger partial charge on any atom is -0.354 e. The Kier molecular flexibility index (Phi) is 8.09. The smallest absolute Gasteiger partial charge is 0.264 e. The third kappa shape index (κ3) is 6.08. The van der Waals surface area contributed by atoms with E-state index in [9.17, 15) is 13.2 Å². The summed E-state index contributed by atoms with van der Waals surface area (Å²) in [6.07, 6.45) is 4.65. The van der Waals surface area contributed by atoms with Crippen LogP contribution in [0.4, 0.5) is 5.69 Å². The van der Waals surface area contributed by atoms with E-state index in [4.69, 9.17) is 0 Å². The number of piperidine rings is 1. The van der Waals surface area contributed by atoms with E-state index in [0.29, 0.717) is 12.2 Å². The molecule has 0 aromatic heterocycles. The van der Waals surface area contributed by atoms with Crippen molar-refractivity contribution >= 4 is 21.6 Å². The Bertz CT molecular complexity index is 971. The molecule has 0 spiro atoms. The van der Waals surface area contributed by atoms with Gasteiger partial charge in [-0.25, -0.2) is 8.42 Å². The van der Waals surface area contributed by atoms with Gasteiger partial charge in [0.25, 0.3) is 10.0 Å². The molecule has 1 amide bonds. The van der Waals surface area contributed by atoms with Crippen LogP contribution in [0.25, 0.3) is 0 Å². The van der Waals surface area contributed by atoms with Crippen molar-refractivity contribution in [2.24, 2.45) is 0 Å². The molecule has 1 aliphatic heterocycles. The summed E-state index contributed by atoms with van der Waals surface area (Å²) in [6, 6.07) is 13.8. The van der Waals surface area contributed by atoms with Crippen LogP contribution in [0.5, 0.6) is 0 Å². The predicted molar refractivity (Wildman–Crippen MR) is 125 cm³/mol. The Labute approximate surface area is 186 Å². The zero-order valence-corrected chi connectivity index (χ0v) is 19.3. The third-order valence-electron chi connectivity index (χ3n) is 5.89. The second kappa shape index (κ2) is 10.8. The molecule has 0 atom stereocenters. The van der Waals surface area contributed by atoms with Gasteiger partial charge in [-0.05, 0) is 82.1 Å². The number of likely N-dealkylation sites (tertiary alicyclic amines) is 1. The fourth-order valence-electron chi connectivity index (χ4n) is 3.92. The highest BCUT2D eigenvalue weighted by Gasteiger charge is 2.28. The van der Waals surface area contributed by atoms with Crippen molar-refractivity contribution < 1.29 is 13.2 Å². The lowest BCUT2D eigenvalue weighted by atomic mass is 10.1. The van der Waals surface area contributed by atoms with Crippen LogP contribution in [-0.4, -0.2) is 51.9 Å². The predicted octanol–water partition coefficient (Wildman–Crippen LogP) is 3.49. The van der Waals surface area contributed by atoms with Gasteiger partial charge in [0.05, 0.1) is 10.6 Å². The molecule has 7 heteroatoms. The van der Waals surface area contributed by atoms with E-state index in [-0.39, 0.29) is 17.3 Å². The number of benzene rings is 2. The maximum atomic E-state index is 13.4. The molecule has 0 unspecified atom stereocenters. The Morgan fingerprint density at radius 3 is 2.42 bits per heavy atom. The molecule has 0 radical (unpaired) electrons. The molecule has 0 aliphatic carbocycles. The number of sulfonamides is 1. The van der Waals surface area contributed by atoms with Crippen LogP contribution in [0, 0.1) is 13.8 Å². The number of carbonyl (C=O) groups excluding carboxylic acids is 1. The highest BCUT2D eigenvalue weighted by Crippen LogP contribution is 2.28. The molecule has 1 N–H and O–H groups in total. The van der Waals surface area contributed by atoms with Gasteiger partial charge in [0.15, 0.2) is 0 Å². The molecule has 2 aromatic carbocycles. The van der Waals surface area contributed by atoms with E-state index in [1.165, 1.54) is 23.6 Å². The fourth-order valence-corrected chi connectivity index (χ4v) is 5.42. The Morgan fingerprint density at radius 1 is 1.00 bits per heavy atom. The molecule has 1 fully saturated rings. The number of aryl methyl sites for hydroxylation is 1. The van der Waals surface area contributed by atoms with Crippen LogP contribution < -0.4 is 9.62 Å². The molecule has 0 bridgehead atoms. The largest absolute Gasteiger partial charge is 0.354 e. The summed E-state index contributed by atoms with van der Waals surface area (Å²) in [5.74, 6) is -0.293. The first-order valence-electron chi connectivity index (χ1n) is 11.0. The summed E-state index contributed by atoms with van der Waals surface area (Å²) in [7, 11) is -3.87. The van der Waals surface area contributed by atoms with Gasteiger partial charge in [-0.1, -0.05) is 36.8 Å². The van der Waals surface area contributed by atoms with Crippen LogP contribution in [0.2, 0.25) is 0 Å². The average Bonchev–Trinajstić information content (AvgIpc) is 2.78. The van der Waals surface area contributed by atoms with Gasteiger partial charge in [-0.3, -0.25) is 9.10 Å². The van der Waals surface area contributed by atoms with Crippen molar-refractivity contribution in [3.8, 4) is 0 Å². The van der Waals surface area contributed by atoms with E-state index in [0.717, 1.165) is 37.2 Å². The molecule has 2 aromatic rings. The number of carbonyl (C=O) groups is 1. The summed E-state index contributed by atoms with van der Waals surface area (Å²) >= 11 is 0. The van der Waals surface area contributed by atoms with E-state index in [2.05, 4.69) is 10.2 Å². The van der Waals surface area contributed by atoms with Crippen molar-refractivity contribution in [2.45, 2.75) is 44.4 Å². The maximum absolute atomic E-state index is 13.4. The quantitative estimate of drug-likeness (QED) is 0.603. The molecule has 6 nitrogen and oxygen atoms in total. The van der Waals surface area contributed by atoms with Gasteiger partial charge >= 0.3 is 0 Å². The summed E-state index contributed by atoms with van der Waals surface area (Å²) < 4.78 is 28.0. The van der Waals surface area contributed by atoms with Crippen molar-refractivity contribution in [3.05, 3.63) is 59.7 Å². The number of hydrogen-bond acceptors (Lipinski definition) is 4. The number of nitrogens with zero attached hydrogens (tertiary/aromatic N) is 2. The van der Waals surface area contributed by atoms with Gasteiger partial charge in [0.2, 0.25) is 5.91 Å². The molecular formula is C24H33N3O3S. The third-order valence-corrected chi connectivity index (χ3v) is 7.66. The number of rotatable bonds is 9. The van der Waals surface area contributed by atoms with Crippen LogP contribution in [-0.2, 0) is 14.8 Å². The summed E-state index contributed by atoms with van der Waals surface area (Å²) in [4.78, 5) is 15.3. The summed E-state index contributed by atoms with van der Waals surface area (Å²) in [6.45, 7) is 7.34. The van der Waals surface area contributed by atoms with Gasteiger partial charge < -0.3 is 10.2 Å². The van der Waals surface area contributed by atoms with Gasteiger partial charge in [0.1, 0.15) is 6.54 Å². The van der Waals surface area contributed by atoms with Crippen LogP contribution in [0.3, 0.4) is 0 Å². The minimum absolute atomic E-state index is 0.175. The molecule has 31 heavy (non-hydrogen) atoms. The highest BCUT2D eigenvalue weighted by molar-refractivity contribution is 7.92. The molecule has 168 valence electrons. The SMILES string of the molecule is Cc1cccc(N(CC(=O)NCCCN2CCCCC2)S(=O)(=O)c2ccccc2)c1C. The van der Waals surface area contributed by atoms with E-state index in [1.54, 1.807) is 36.4 Å². The Morgan fingerprint density at radius 2 is 1.71 bits per heavy atom. The van der Waals surface area contributed by atoms with Crippen molar-refractivity contribution in [2.75, 3.05) is 37.0 Å². The zero-order chi connectivity index (χ0) is 22.3. The molecule has 3 rings (SSSR count). The van der Waals surface area contributed by atoms with E-state index < -0.39 is 10.0 Å². The molecule has 0 saturated carbocycles. The van der Waals surface area contributed by atoms with Crippen molar-refractivity contribution in [1.29, 1.82) is 0 Å². The number of anilines is 1. The lowest BCUT2D eigenvalue weighted by molar-refractivity contribution is -0.119. The topological polar surface area (TPSA) is 69.7 Å². The van der Waals surface area contributed by atoms with Crippen LogP contribution in [0.15, 0.2) is 53.4 Å². The van der Waals surface area contributed by atoms with Gasteiger partial charge in [-0.15, -0.1) is 0 Å². The monoisotopic (exact) mass is 443 g/mol. The molecule has 1 saturated heterocycles. The summed E-state index contributed by atoms with van der Waals surface area (Å²) in [5.41, 5.74) is 2.36. The van der Waals surface area contributed by atoms with E-state index >= 15 is 0 Å². The molecule has 1 aliphatic rings. The van der Waals surface area contributed by atoms with Gasteiger partial charge in [0, 0.05) is 6.54 Å². The lowest BCUT2D eigenvalue weighted by Crippen LogP contribution is -2.42. The molecule has 1 heterocycles. The van der Waals surface area contributed by atoms with Crippen molar-refractivity contribution in [1.82, 2.24) is 10.2 Å². The van der Waals surface area contributed by atoms with Crippen LogP contribution in [0.1, 0.15) is 36.8 Å². The van der Waals surface area contributed by atoms with Crippen molar-refractivity contribution in [3.63, 3.8) is 0 Å². The standard InChI is InChI=1S/C24H33N3O3S/c1-20-11-9-14-23(21(20)2)27(31(29,30)22-12-5-3-6-13-22)19-24(28)25-15-10-18-26-16-7-4-8-17-26/h3,5-6,9,11-14H,4,7-8,10,15-19H2,1-2H3,(H,25,28). The number of nitrogens with one attached hydrogen (secondary N) is 1. The first kappa shape index (κ1) is 23.3. The fraction of sp³-hybridized carbons (Fsp3) is 0.458. The first-order chi connectivity index (χ1) is 14.9. The highest BCUT2D eigenvalue weighted by atomic mass is 32.2. The first-order valence-corrected chi connectivity index (χ1v) is 12.5. The Hall–Kier alpha value is -2.38. The maximum Gasteiger partial charge on any atom is 0.264 e. The lowest BCUT2D eigenvalue weighted by Gasteiger charge is -2.27.